The smallest absolute Gasteiger partial charge is 0.310 e. The fourth-order valence-electron chi connectivity index (χ4n) is 0.868. The summed E-state index contributed by atoms with van der Waals surface area (Å²) < 4.78 is 60.9. The number of halogens is 5. The Morgan fingerprint density at radius 1 is 1.07 bits per heavy atom. The van der Waals surface area contributed by atoms with E-state index in [0.717, 1.165) is 6.92 Å². The Kier molecular flexibility index (Phi) is 1.71. The number of rotatable bonds is 1. The summed E-state index contributed by atoms with van der Waals surface area (Å²) in [6.07, 6.45) is 0. The predicted octanol–water partition coefficient (Wildman–Crippen LogP) is 4.36. The third kappa shape index (κ3) is 2.28. The maximum absolute atomic E-state index is 12.2. The monoisotopic (exact) mass is 234 g/mol. The van der Waals surface area contributed by atoms with E-state index in [1.165, 1.54) is 0 Å². The second-order valence-electron chi connectivity index (χ2n) is 2.92. The molecule has 0 aliphatic carbocycles. The van der Waals surface area contributed by atoms with E-state index in [0.29, 0.717) is 6.07 Å². The molecule has 0 aromatic heterocycles. The van der Waals surface area contributed by atoms with Crippen molar-refractivity contribution in [2.75, 3.05) is 0 Å². The van der Waals surface area contributed by atoms with Gasteiger partial charge in [-0.1, -0.05) is 19.4 Å². The van der Waals surface area contributed by atoms with Gasteiger partial charge < -0.3 is 5.11 Å². The molecule has 1 nitrogen and oxygen atoms in total. The molecule has 0 saturated carbocycles. The largest absolute Gasteiger partial charge is 0.508 e. The van der Waals surface area contributed by atoms with Crippen molar-refractivity contribution in [1.29, 1.82) is 0 Å². The van der Waals surface area contributed by atoms with Gasteiger partial charge in [0.1, 0.15) is 10.6 Å². The van der Waals surface area contributed by atoms with Crippen molar-refractivity contribution < 1.29 is 24.5 Å². The molecule has 1 rings (SSSR count). The van der Waals surface area contributed by atoms with Gasteiger partial charge in [-0.2, -0.15) is 0 Å². The summed E-state index contributed by atoms with van der Waals surface area (Å²) in [7, 11) is -9.60. The average molecular weight is 234 g/mol. The van der Waals surface area contributed by atoms with Crippen molar-refractivity contribution in [2.24, 2.45) is 0 Å². The molecule has 1 aromatic rings. The molecule has 0 aliphatic rings. The van der Waals surface area contributed by atoms with Crippen LogP contribution >= 0.6 is 10.2 Å². The van der Waals surface area contributed by atoms with E-state index in [-0.39, 0.29) is 17.7 Å². The van der Waals surface area contributed by atoms with E-state index in [2.05, 4.69) is 0 Å². The second-order valence-corrected chi connectivity index (χ2v) is 5.33. The topological polar surface area (TPSA) is 20.2 Å². The Balaban J connectivity index is 3.45. The van der Waals surface area contributed by atoms with Gasteiger partial charge in [-0.25, -0.2) is 0 Å². The summed E-state index contributed by atoms with van der Waals surface area (Å²) in [5, 5.41) is 8.88. The molecule has 0 saturated heterocycles. The number of phenols is 1. The van der Waals surface area contributed by atoms with Gasteiger partial charge in [-0.3, -0.25) is 0 Å². The van der Waals surface area contributed by atoms with Gasteiger partial charge in [0.2, 0.25) is 0 Å². The molecular weight excluding hydrogens is 227 g/mol. The van der Waals surface area contributed by atoms with Crippen LogP contribution < -0.4 is 0 Å². The molecule has 0 aliphatic heterocycles. The highest BCUT2D eigenvalue weighted by molar-refractivity contribution is 8.45. The van der Waals surface area contributed by atoms with E-state index < -0.39 is 20.9 Å². The van der Waals surface area contributed by atoms with Crippen LogP contribution in [0.5, 0.6) is 5.75 Å². The van der Waals surface area contributed by atoms with E-state index in [9.17, 15) is 19.4 Å². The molecule has 0 amide bonds. The maximum Gasteiger partial charge on any atom is 0.310 e. The number of aryl methyl sites for hydroxylation is 1. The van der Waals surface area contributed by atoms with Crippen molar-refractivity contribution in [1.82, 2.24) is 0 Å². The van der Waals surface area contributed by atoms with Crippen LogP contribution in [0.4, 0.5) is 19.4 Å². The molecule has 0 radical (unpaired) electrons. The fourth-order valence-corrected chi connectivity index (χ4v) is 1.59. The number of phenolic OH excluding ortho intramolecular Hbond substituents is 1. The summed E-state index contributed by atoms with van der Waals surface area (Å²) in [6, 6.07) is 1.00. The van der Waals surface area contributed by atoms with Crippen molar-refractivity contribution in [3.8, 4) is 5.75 Å². The SMILES string of the molecule is Cc1cc(S(F)(F)(F)(F)F)ccc1O. The molecule has 0 fully saturated rings. The first-order chi connectivity index (χ1) is 5.90. The highest BCUT2D eigenvalue weighted by Crippen LogP contribution is 3.02. The quantitative estimate of drug-likeness (QED) is 0.716. The van der Waals surface area contributed by atoms with Crippen LogP contribution in [0.3, 0.4) is 0 Å². The molecule has 1 aromatic carbocycles. The summed E-state index contributed by atoms with van der Waals surface area (Å²) >= 11 is 0. The fraction of sp³-hybridized carbons (Fsp3) is 0.143. The molecule has 14 heavy (non-hydrogen) atoms. The Labute approximate surface area is 76.9 Å². The van der Waals surface area contributed by atoms with Crippen molar-refractivity contribution >= 4 is 10.2 Å². The Hall–Kier alpha value is -0.980. The molecule has 0 atom stereocenters. The van der Waals surface area contributed by atoms with Crippen LogP contribution in [0.1, 0.15) is 5.56 Å². The van der Waals surface area contributed by atoms with Gasteiger partial charge in [0.05, 0.1) is 0 Å². The lowest BCUT2D eigenvalue weighted by Gasteiger charge is -2.40. The molecule has 7 heteroatoms. The van der Waals surface area contributed by atoms with E-state index >= 15 is 0 Å². The average Bonchev–Trinajstić information content (AvgIpc) is 1.89. The first-order valence-electron chi connectivity index (χ1n) is 3.44. The third-order valence-corrected chi connectivity index (χ3v) is 2.76. The van der Waals surface area contributed by atoms with Crippen LogP contribution in [-0.2, 0) is 0 Å². The highest BCUT2D eigenvalue weighted by atomic mass is 32.5. The zero-order valence-electron chi connectivity index (χ0n) is 6.98. The van der Waals surface area contributed by atoms with Gasteiger partial charge in [-0.05, 0) is 30.7 Å². The summed E-state index contributed by atoms with van der Waals surface area (Å²) in [4.78, 5) is -1.99. The van der Waals surface area contributed by atoms with Gasteiger partial charge in [0.25, 0.3) is 0 Å². The molecule has 1 N–H and O–H groups in total. The molecular formula is C7H7F5OS. The lowest BCUT2D eigenvalue weighted by Crippen LogP contribution is -2.05. The van der Waals surface area contributed by atoms with Crippen LogP contribution in [0.15, 0.2) is 23.1 Å². The lowest BCUT2D eigenvalue weighted by molar-refractivity contribution is 0.363. The van der Waals surface area contributed by atoms with Gasteiger partial charge in [0, 0.05) is 0 Å². The first kappa shape index (κ1) is 11.1. The number of hydrogen-bond acceptors (Lipinski definition) is 1. The lowest BCUT2D eigenvalue weighted by atomic mass is 10.2. The van der Waals surface area contributed by atoms with E-state index in [1.54, 1.807) is 0 Å². The number of benzene rings is 1. The van der Waals surface area contributed by atoms with Crippen LogP contribution in [-0.4, -0.2) is 5.11 Å². The standard InChI is InChI=1S/C7H7F5OS/c1-5-4-6(2-3-7(5)13)14(8,9,10,11)12/h2-4,13H,1H3. The van der Waals surface area contributed by atoms with Crippen LogP contribution in [0, 0.1) is 6.92 Å². The van der Waals surface area contributed by atoms with Crippen LogP contribution in [0.25, 0.3) is 0 Å². The Morgan fingerprint density at radius 2 is 1.57 bits per heavy atom. The van der Waals surface area contributed by atoms with Gasteiger partial charge >= 0.3 is 10.2 Å². The Morgan fingerprint density at radius 3 is 1.93 bits per heavy atom. The maximum atomic E-state index is 12.2. The van der Waals surface area contributed by atoms with Crippen LogP contribution in [0.2, 0.25) is 0 Å². The van der Waals surface area contributed by atoms with Crippen molar-refractivity contribution in [3.05, 3.63) is 23.8 Å². The molecule has 0 spiro atoms. The number of aromatic hydroxyl groups is 1. The minimum absolute atomic E-state index is 0.171. The Bertz CT molecular complexity index is 382. The number of hydrogen-bond donors (Lipinski definition) is 1. The van der Waals surface area contributed by atoms with Crippen molar-refractivity contribution in [2.45, 2.75) is 11.8 Å². The zero-order valence-corrected chi connectivity index (χ0v) is 7.79. The molecule has 82 valence electrons. The highest BCUT2D eigenvalue weighted by Gasteiger charge is 2.65. The van der Waals surface area contributed by atoms with Gasteiger partial charge in [0.15, 0.2) is 0 Å². The van der Waals surface area contributed by atoms with E-state index in [4.69, 9.17) is 5.11 Å². The first-order valence-corrected chi connectivity index (χ1v) is 5.39. The summed E-state index contributed by atoms with van der Waals surface area (Å²) in [5.41, 5.74) is -0.240. The predicted molar refractivity (Wildman–Crippen MR) is 44.2 cm³/mol. The second kappa shape index (κ2) is 2.16. The third-order valence-electron chi connectivity index (χ3n) is 1.61. The minimum atomic E-state index is -9.60. The molecule has 0 unspecified atom stereocenters. The zero-order chi connectivity index (χ0) is 11.3. The van der Waals surface area contributed by atoms with Crippen molar-refractivity contribution in [3.63, 3.8) is 0 Å². The minimum Gasteiger partial charge on any atom is -0.508 e. The molecule has 0 bridgehead atoms. The summed E-state index contributed by atoms with van der Waals surface area (Å²) in [5.74, 6) is -0.449. The van der Waals surface area contributed by atoms with E-state index in [1.807, 2.05) is 0 Å². The van der Waals surface area contributed by atoms with Gasteiger partial charge in [-0.15, -0.1) is 0 Å². The normalized spacial score (nSPS) is 17.3. The molecule has 0 heterocycles. The summed E-state index contributed by atoms with van der Waals surface area (Å²) in [6.45, 7) is 1.11.